The predicted octanol–water partition coefficient (Wildman–Crippen LogP) is 5.24. The van der Waals surface area contributed by atoms with Crippen LogP contribution in [0.1, 0.15) is 32.3 Å². The summed E-state index contributed by atoms with van der Waals surface area (Å²) in [5.41, 5.74) is 3.08. The first-order valence-electron chi connectivity index (χ1n) is 6.03. The Kier molecular flexibility index (Phi) is 3.85. The van der Waals surface area contributed by atoms with Gasteiger partial charge < -0.3 is 0 Å². The zero-order valence-corrected chi connectivity index (χ0v) is 11.9. The van der Waals surface area contributed by atoms with E-state index >= 15 is 0 Å². The quantitative estimate of drug-likeness (QED) is 0.509. The van der Waals surface area contributed by atoms with E-state index in [2.05, 4.69) is 32.1 Å². The van der Waals surface area contributed by atoms with Crippen molar-refractivity contribution < 1.29 is 0 Å². The zero-order valence-electron chi connectivity index (χ0n) is 10.3. The van der Waals surface area contributed by atoms with Gasteiger partial charge in [-0.2, -0.15) is 0 Å². The molecular weight excluding hydrogens is 251 g/mol. The molecule has 0 saturated heterocycles. The van der Waals surface area contributed by atoms with Crippen molar-refractivity contribution in [2.75, 3.05) is 0 Å². The van der Waals surface area contributed by atoms with Gasteiger partial charge in [-0.05, 0) is 42.4 Å². The summed E-state index contributed by atoms with van der Waals surface area (Å²) in [5, 5.41) is 0.975. The van der Waals surface area contributed by atoms with Crippen LogP contribution < -0.4 is 0 Å². The van der Waals surface area contributed by atoms with Crippen molar-refractivity contribution in [3.8, 4) is 0 Å². The fourth-order valence-corrected chi connectivity index (χ4v) is 3.30. The minimum absolute atomic E-state index is 0.182. The molecule has 1 unspecified atom stereocenters. The summed E-state index contributed by atoms with van der Waals surface area (Å²) in [6, 6.07) is 8.08. The van der Waals surface area contributed by atoms with E-state index in [1.54, 1.807) is 0 Å². The van der Waals surface area contributed by atoms with Crippen LogP contribution in [0.25, 0.3) is 0 Å². The molecule has 0 N–H and O–H groups in total. The van der Waals surface area contributed by atoms with Gasteiger partial charge in [0.1, 0.15) is 0 Å². The van der Waals surface area contributed by atoms with Crippen molar-refractivity contribution in [2.24, 2.45) is 5.41 Å². The number of hydrogen-bond donors (Lipinski definition) is 0. The fraction of sp³-hybridized carbons (Fsp3) is 0.467. The lowest BCUT2D eigenvalue weighted by Gasteiger charge is -2.32. The molecule has 0 nitrogen and oxygen atoms in total. The third-order valence-corrected chi connectivity index (χ3v) is 3.75. The molecule has 1 atom stereocenters. The van der Waals surface area contributed by atoms with Gasteiger partial charge in [0.05, 0.1) is 5.38 Å². The number of benzene rings is 1. The lowest BCUT2D eigenvalue weighted by Crippen LogP contribution is -2.22. The molecule has 0 saturated carbocycles. The molecule has 0 aromatic heterocycles. The Bertz CT molecular complexity index is 415. The monoisotopic (exact) mass is 268 g/mol. The van der Waals surface area contributed by atoms with Gasteiger partial charge in [0.2, 0.25) is 0 Å². The minimum atomic E-state index is 0.182. The smallest absolute Gasteiger partial charge is 0.0523 e. The van der Waals surface area contributed by atoms with Crippen LogP contribution in [0.4, 0.5) is 0 Å². The molecule has 1 aromatic carbocycles. The molecule has 92 valence electrons. The van der Waals surface area contributed by atoms with Crippen molar-refractivity contribution >= 4 is 23.2 Å². The predicted molar refractivity (Wildman–Crippen MR) is 75.9 cm³/mol. The molecule has 1 aliphatic carbocycles. The van der Waals surface area contributed by atoms with Gasteiger partial charge in [0, 0.05) is 5.02 Å². The molecule has 0 spiro atoms. The van der Waals surface area contributed by atoms with E-state index in [9.17, 15) is 0 Å². The molecule has 2 heteroatoms. The Hall–Kier alpha value is -0.460. The average Bonchev–Trinajstić information content (AvgIpc) is 2.18. The normalized spacial score (nSPS) is 23.3. The van der Waals surface area contributed by atoms with Gasteiger partial charge >= 0.3 is 0 Å². The number of rotatable bonds is 2. The molecule has 0 aliphatic heterocycles. The molecule has 0 amide bonds. The van der Waals surface area contributed by atoms with Crippen LogP contribution >= 0.6 is 23.2 Å². The highest BCUT2D eigenvalue weighted by molar-refractivity contribution is 6.30. The number of allylic oxidation sites excluding steroid dienone is 2. The van der Waals surface area contributed by atoms with Crippen molar-refractivity contribution in [3.05, 3.63) is 46.5 Å². The van der Waals surface area contributed by atoms with Gasteiger partial charge in [-0.1, -0.05) is 49.2 Å². The fourth-order valence-electron chi connectivity index (χ4n) is 2.57. The maximum atomic E-state index is 6.29. The van der Waals surface area contributed by atoms with Gasteiger partial charge in [-0.3, -0.25) is 0 Å². The third-order valence-electron chi connectivity index (χ3n) is 3.21. The van der Waals surface area contributed by atoms with E-state index in [0.717, 1.165) is 24.3 Å². The van der Waals surface area contributed by atoms with Crippen LogP contribution in [0.2, 0.25) is 5.02 Å². The van der Waals surface area contributed by atoms with Crippen LogP contribution in [0.15, 0.2) is 35.9 Å². The van der Waals surface area contributed by atoms with Crippen molar-refractivity contribution in [3.63, 3.8) is 0 Å². The molecule has 2 rings (SSSR count). The molecule has 0 bridgehead atoms. The highest BCUT2D eigenvalue weighted by Gasteiger charge is 2.27. The average molecular weight is 269 g/mol. The molecule has 1 aliphatic rings. The van der Waals surface area contributed by atoms with Gasteiger partial charge in [0.15, 0.2) is 0 Å². The molecule has 0 fully saturated rings. The van der Waals surface area contributed by atoms with Crippen LogP contribution in [-0.4, -0.2) is 5.38 Å². The maximum Gasteiger partial charge on any atom is 0.0523 e. The second kappa shape index (κ2) is 5.04. The van der Waals surface area contributed by atoms with Crippen LogP contribution in [0, 0.1) is 5.41 Å². The standard InChI is InChI=1S/C15H18Cl2/c1-15(2)9-12(8-14(17)10-15)7-11-3-5-13(16)6-4-11/h3-6,8,14H,7,9-10H2,1-2H3. The first kappa shape index (κ1) is 13.0. The summed E-state index contributed by atoms with van der Waals surface area (Å²) >= 11 is 12.2. The first-order chi connectivity index (χ1) is 7.94. The number of halogens is 2. The molecule has 0 radical (unpaired) electrons. The van der Waals surface area contributed by atoms with Crippen LogP contribution in [0.5, 0.6) is 0 Å². The van der Waals surface area contributed by atoms with Crippen LogP contribution in [0.3, 0.4) is 0 Å². The zero-order chi connectivity index (χ0) is 12.5. The molecular formula is C15H18Cl2. The van der Waals surface area contributed by atoms with Crippen LogP contribution in [-0.2, 0) is 6.42 Å². The van der Waals surface area contributed by atoms with Crippen molar-refractivity contribution in [2.45, 2.75) is 38.5 Å². The number of hydrogen-bond acceptors (Lipinski definition) is 0. The summed E-state index contributed by atoms with van der Waals surface area (Å²) in [4.78, 5) is 0. The summed E-state index contributed by atoms with van der Waals surface area (Å²) in [7, 11) is 0. The van der Waals surface area contributed by atoms with E-state index in [-0.39, 0.29) is 5.38 Å². The SMILES string of the molecule is CC1(C)CC(Cc2ccc(Cl)cc2)=CC(Cl)C1. The van der Waals surface area contributed by atoms with Crippen molar-refractivity contribution in [1.82, 2.24) is 0 Å². The molecule has 1 aromatic rings. The summed E-state index contributed by atoms with van der Waals surface area (Å²) in [6.07, 6.45) is 5.42. The summed E-state index contributed by atoms with van der Waals surface area (Å²) < 4.78 is 0. The van der Waals surface area contributed by atoms with Gasteiger partial charge in [0.25, 0.3) is 0 Å². The minimum Gasteiger partial charge on any atom is -0.118 e. The largest absolute Gasteiger partial charge is 0.118 e. The molecule has 17 heavy (non-hydrogen) atoms. The summed E-state index contributed by atoms with van der Waals surface area (Å²) in [5.74, 6) is 0. The van der Waals surface area contributed by atoms with Gasteiger partial charge in [-0.15, -0.1) is 11.6 Å². The Balaban J connectivity index is 2.11. The van der Waals surface area contributed by atoms with E-state index in [1.807, 2.05) is 12.1 Å². The van der Waals surface area contributed by atoms with Crippen molar-refractivity contribution in [1.29, 1.82) is 0 Å². The maximum absolute atomic E-state index is 6.29. The first-order valence-corrected chi connectivity index (χ1v) is 6.84. The third kappa shape index (κ3) is 3.76. The Labute approximate surface area is 114 Å². The number of alkyl halides is 1. The highest BCUT2D eigenvalue weighted by atomic mass is 35.5. The van der Waals surface area contributed by atoms with Gasteiger partial charge in [-0.25, -0.2) is 0 Å². The lowest BCUT2D eigenvalue weighted by atomic mass is 9.76. The lowest BCUT2D eigenvalue weighted by molar-refractivity contribution is 0.320. The Morgan fingerprint density at radius 3 is 2.47 bits per heavy atom. The summed E-state index contributed by atoms with van der Waals surface area (Å²) in [6.45, 7) is 4.58. The van der Waals surface area contributed by atoms with E-state index in [4.69, 9.17) is 23.2 Å². The Morgan fingerprint density at radius 2 is 1.88 bits per heavy atom. The Morgan fingerprint density at radius 1 is 1.24 bits per heavy atom. The second-order valence-electron chi connectivity index (χ2n) is 5.69. The second-order valence-corrected chi connectivity index (χ2v) is 6.69. The van der Waals surface area contributed by atoms with E-state index in [1.165, 1.54) is 11.1 Å². The highest BCUT2D eigenvalue weighted by Crippen LogP contribution is 2.38. The topological polar surface area (TPSA) is 0 Å². The van der Waals surface area contributed by atoms with E-state index < -0.39 is 0 Å². The molecule has 0 heterocycles. The van der Waals surface area contributed by atoms with E-state index in [0.29, 0.717) is 5.41 Å².